The van der Waals surface area contributed by atoms with Gasteiger partial charge >= 0.3 is 0 Å². The molecule has 1 aromatic carbocycles. The van der Waals surface area contributed by atoms with Crippen molar-refractivity contribution in [3.63, 3.8) is 0 Å². The van der Waals surface area contributed by atoms with Gasteiger partial charge < -0.3 is 15.8 Å². The van der Waals surface area contributed by atoms with Crippen molar-refractivity contribution in [1.82, 2.24) is 15.2 Å². The van der Waals surface area contributed by atoms with Crippen LogP contribution in [0.2, 0.25) is 0 Å². The van der Waals surface area contributed by atoms with Gasteiger partial charge in [-0.1, -0.05) is 43.4 Å². The second kappa shape index (κ2) is 6.06. The Bertz CT molecular complexity index is 971. The van der Waals surface area contributed by atoms with E-state index in [-0.39, 0.29) is 11.8 Å². The smallest absolute Gasteiger partial charge is 0.232 e. The number of carbonyl (C=O) groups excluding carboxylic acids is 1. The summed E-state index contributed by atoms with van der Waals surface area (Å²) in [5.41, 5.74) is 8.37. The molecule has 3 N–H and O–H groups in total. The van der Waals surface area contributed by atoms with Crippen LogP contribution < -0.4 is 15.8 Å². The van der Waals surface area contributed by atoms with Gasteiger partial charge in [0.15, 0.2) is 0 Å². The first-order valence-corrected chi connectivity index (χ1v) is 8.95. The van der Waals surface area contributed by atoms with E-state index in [1.54, 1.807) is 11.6 Å². The van der Waals surface area contributed by atoms with Gasteiger partial charge in [0.05, 0.1) is 5.41 Å². The number of amides is 1. The van der Waals surface area contributed by atoms with Gasteiger partial charge in [0, 0.05) is 17.0 Å². The van der Waals surface area contributed by atoms with Crippen molar-refractivity contribution in [2.45, 2.75) is 19.8 Å². The van der Waals surface area contributed by atoms with E-state index in [1.165, 1.54) is 11.3 Å². The molecular weight excluding hydrogens is 350 g/mol. The molecule has 132 valence electrons. The van der Waals surface area contributed by atoms with Crippen LogP contribution in [0.15, 0.2) is 41.9 Å². The summed E-state index contributed by atoms with van der Waals surface area (Å²) in [5.74, 6) is 1.09. The molecule has 1 aliphatic heterocycles. The average Bonchev–Trinajstić information content (AvgIpc) is 3.12. The topological polar surface area (TPSA) is 103 Å². The molecule has 7 nitrogen and oxygen atoms in total. The lowest BCUT2D eigenvalue weighted by atomic mass is 9.70. The minimum atomic E-state index is -0.794. The van der Waals surface area contributed by atoms with E-state index >= 15 is 0 Å². The highest BCUT2D eigenvalue weighted by molar-refractivity contribution is 7.13. The maximum atomic E-state index is 13.1. The molecule has 0 saturated heterocycles. The average molecular weight is 367 g/mol. The maximum Gasteiger partial charge on any atom is 0.232 e. The van der Waals surface area contributed by atoms with Crippen LogP contribution in [-0.4, -0.2) is 21.1 Å². The van der Waals surface area contributed by atoms with Crippen molar-refractivity contribution in [2.24, 2.45) is 5.41 Å². The number of para-hydroxylation sites is 1. The van der Waals surface area contributed by atoms with Crippen molar-refractivity contribution < 1.29 is 9.53 Å². The number of carbonyl (C=O) groups is 1. The zero-order valence-corrected chi connectivity index (χ0v) is 15.1. The van der Waals surface area contributed by atoms with E-state index in [0.717, 1.165) is 11.1 Å². The fourth-order valence-electron chi connectivity index (χ4n) is 3.24. The van der Waals surface area contributed by atoms with E-state index in [0.29, 0.717) is 22.6 Å². The van der Waals surface area contributed by atoms with Gasteiger partial charge in [0.25, 0.3) is 0 Å². The number of rotatable bonds is 3. The first-order chi connectivity index (χ1) is 12.5. The summed E-state index contributed by atoms with van der Waals surface area (Å²) in [4.78, 5) is 17.4. The monoisotopic (exact) mass is 367 g/mol. The minimum absolute atomic E-state index is 0.154. The molecule has 0 bridgehead atoms. The predicted octanol–water partition coefficient (Wildman–Crippen LogP) is 3.42. The summed E-state index contributed by atoms with van der Waals surface area (Å²) >= 11 is 1.28. The molecule has 0 radical (unpaired) electrons. The fraction of sp³-hybridized carbons (Fsp3) is 0.222. The van der Waals surface area contributed by atoms with Crippen LogP contribution in [-0.2, 0) is 4.79 Å². The zero-order valence-electron chi connectivity index (χ0n) is 14.3. The number of hydrogen-bond donors (Lipinski definition) is 2. The lowest BCUT2D eigenvalue weighted by Crippen LogP contribution is -2.38. The fourth-order valence-corrected chi connectivity index (χ4v) is 3.68. The number of fused-ring (bicyclic) bond motifs is 2. The number of pyridine rings is 1. The molecule has 1 amide bonds. The van der Waals surface area contributed by atoms with E-state index in [9.17, 15) is 4.79 Å². The summed E-state index contributed by atoms with van der Waals surface area (Å²) < 4.78 is 5.93. The van der Waals surface area contributed by atoms with Crippen LogP contribution in [0, 0.1) is 5.41 Å². The van der Waals surface area contributed by atoms with Gasteiger partial charge in [0.2, 0.25) is 16.9 Å². The highest BCUT2D eigenvalue weighted by Gasteiger charge is 2.44. The van der Waals surface area contributed by atoms with Crippen LogP contribution in [0.3, 0.4) is 0 Å². The standard InChI is InChI=1S/C18H17N5O2S/c1-18(2,16(24)22-17-23-20-9-26-17)14-10-5-3-4-6-12(10)25-15-11(14)7-8-13(19)21-15/h3-9,14H,1-2H3,(H2,19,21)(H,22,23,24). The first kappa shape index (κ1) is 16.5. The van der Waals surface area contributed by atoms with Crippen molar-refractivity contribution >= 4 is 28.2 Å². The number of nitrogens with zero attached hydrogens (tertiary/aromatic N) is 3. The Labute approximate surface area is 154 Å². The molecule has 1 unspecified atom stereocenters. The van der Waals surface area contributed by atoms with Gasteiger partial charge in [-0.15, -0.1) is 10.2 Å². The number of nitrogen functional groups attached to an aromatic ring is 1. The molecule has 0 spiro atoms. The third-order valence-corrected chi connectivity index (χ3v) is 5.15. The lowest BCUT2D eigenvalue weighted by molar-refractivity contribution is -0.124. The van der Waals surface area contributed by atoms with Crippen molar-refractivity contribution in [3.05, 3.63) is 53.0 Å². The van der Waals surface area contributed by atoms with Crippen molar-refractivity contribution in [1.29, 1.82) is 0 Å². The molecule has 26 heavy (non-hydrogen) atoms. The quantitative estimate of drug-likeness (QED) is 0.735. The molecule has 0 saturated carbocycles. The first-order valence-electron chi connectivity index (χ1n) is 8.07. The lowest BCUT2D eigenvalue weighted by Gasteiger charge is -2.37. The summed E-state index contributed by atoms with van der Waals surface area (Å²) in [6, 6.07) is 11.3. The maximum absolute atomic E-state index is 13.1. The zero-order chi connectivity index (χ0) is 18.3. The van der Waals surface area contributed by atoms with Gasteiger partial charge in [-0.3, -0.25) is 4.79 Å². The van der Waals surface area contributed by atoms with Crippen LogP contribution in [0.4, 0.5) is 10.9 Å². The number of nitrogens with one attached hydrogen (secondary N) is 1. The molecule has 0 aliphatic carbocycles. The van der Waals surface area contributed by atoms with Crippen LogP contribution in [0.1, 0.15) is 30.9 Å². The Morgan fingerprint density at radius 1 is 1.23 bits per heavy atom. The van der Waals surface area contributed by atoms with Crippen molar-refractivity contribution in [3.8, 4) is 11.6 Å². The van der Waals surface area contributed by atoms with Gasteiger partial charge in [0.1, 0.15) is 17.1 Å². The summed E-state index contributed by atoms with van der Waals surface area (Å²) in [6.07, 6.45) is 0. The molecule has 2 aromatic heterocycles. The summed E-state index contributed by atoms with van der Waals surface area (Å²) in [7, 11) is 0. The molecular formula is C18H17N5O2S. The number of aromatic nitrogens is 3. The highest BCUT2D eigenvalue weighted by atomic mass is 32.1. The van der Waals surface area contributed by atoms with Crippen LogP contribution in [0.5, 0.6) is 11.6 Å². The van der Waals surface area contributed by atoms with Gasteiger partial charge in [-0.25, -0.2) is 0 Å². The second-order valence-electron chi connectivity index (χ2n) is 6.62. The number of ether oxygens (including phenoxy) is 1. The predicted molar refractivity (Wildman–Crippen MR) is 99.3 cm³/mol. The summed E-state index contributed by atoms with van der Waals surface area (Å²) in [5, 5.41) is 11.0. The van der Waals surface area contributed by atoms with Crippen molar-refractivity contribution in [2.75, 3.05) is 11.1 Å². The third kappa shape index (κ3) is 2.68. The minimum Gasteiger partial charge on any atom is -0.438 e. The molecule has 4 rings (SSSR count). The Morgan fingerprint density at radius 2 is 2.04 bits per heavy atom. The Morgan fingerprint density at radius 3 is 2.81 bits per heavy atom. The number of anilines is 2. The number of hydrogen-bond acceptors (Lipinski definition) is 7. The van der Waals surface area contributed by atoms with Gasteiger partial charge in [-0.2, -0.15) is 4.98 Å². The normalized spacial score (nSPS) is 15.5. The van der Waals surface area contributed by atoms with E-state index in [1.807, 2.05) is 44.2 Å². The molecule has 3 heterocycles. The SMILES string of the molecule is CC(C)(C(=O)Nc1nncs1)C1c2ccccc2Oc2nc(N)ccc21. The molecule has 1 aliphatic rings. The van der Waals surface area contributed by atoms with Crippen LogP contribution >= 0.6 is 11.3 Å². The number of nitrogens with two attached hydrogens (primary N) is 1. The molecule has 1 atom stereocenters. The van der Waals surface area contributed by atoms with E-state index < -0.39 is 5.41 Å². The van der Waals surface area contributed by atoms with E-state index in [4.69, 9.17) is 10.5 Å². The Hall–Kier alpha value is -3.00. The summed E-state index contributed by atoms with van der Waals surface area (Å²) in [6.45, 7) is 3.80. The molecule has 3 aromatic rings. The van der Waals surface area contributed by atoms with Crippen LogP contribution in [0.25, 0.3) is 0 Å². The molecule has 8 heteroatoms. The molecule has 0 fully saturated rings. The number of benzene rings is 1. The van der Waals surface area contributed by atoms with Gasteiger partial charge in [-0.05, 0) is 18.2 Å². The Balaban J connectivity index is 1.80. The third-order valence-electron chi connectivity index (χ3n) is 4.55. The largest absolute Gasteiger partial charge is 0.438 e. The Kier molecular flexibility index (Phi) is 3.84. The van der Waals surface area contributed by atoms with E-state index in [2.05, 4.69) is 20.5 Å². The second-order valence-corrected chi connectivity index (χ2v) is 7.46. The highest BCUT2D eigenvalue weighted by Crippen LogP contribution is 2.51.